The van der Waals surface area contributed by atoms with Gasteiger partial charge in [-0.25, -0.2) is 0 Å². The lowest BCUT2D eigenvalue weighted by atomic mass is 10.6. The van der Waals surface area contributed by atoms with Gasteiger partial charge in [0.05, 0.1) is 0 Å². The van der Waals surface area contributed by atoms with Crippen molar-refractivity contribution in [3.63, 3.8) is 0 Å². The van der Waals surface area contributed by atoms with E-state index in [1.54, 1.807) is 0 Å². The third-order valence-electron chi connectivity index (χ3n) is 0.299. The third-order valence-corrected chi connectivity index (χ3v) is 0.299. The highest BCUT2D eigenvalue weighted by Gasteiger charge is 1.95. The SMILES string of the molecule is N=C(N)C[N+](=O)[O-]. The Balaban J connectivity index is 3.32. The van der Waals surface area contributed by atoms with Gasteiger partial charge in [0.15, 0.2) is 5.84 Å². The fraction of sp³-hybridized carbons (Fsp3) is 0.500. The van der Waals surface area contributed by atoms with Gasteiger partial charge in [-0.05, 0) is 0 Å². The molecule has 0 aromatic carbocycles. The molecule has 0 bridgehead atoms. The van der Waals surface area contributed by atoms with Crippen molar-refractivity contribution >= 4 is 5.84 Å². The molecule has 5 nitrogen and oxygen atoms in total. The molecule has 0 fully saturated rings. The maximum atomic E-state index is 9.39. The molecule has 3 N–H and O–H groups in total. The zero-order chi connectivity index (χ0) is 5.86. The van der Waals surface area contributed by atoms with E-state index in [2.05, 4.69) is 5.73 Å². The summed E-state index contributed by atoms with van der Waals surface area (Å²) in [6.07, 6.45) is 0. The first kappa shape index (κ1) is 5.87. The summed E-state index contributed by atoms with van der Waals surface area (Å²) < 4.78 is 0. The second kappa shape index (κ2) is 2.12. The highest BCUT2D eigenvalue weighted by molar-refractivity contribution is 5.77. The number of hydrogen-bond donors (Lipinski definition) is 2. The van der Waals surface area contributed by atoms with E-state index < -0.39 is 17.3 Å². The van der Waals surface area contributed by atoms with Gasteiger partial charge in [-0.1, -0.05) is 0 Å². The van der Waals surface area contributed by atoms with Crippen LogP contribution in [-0.2, 0) is 0 Å². The highest BCUT2D eigenvalue weighted by atomic mass is 16.6. The van der Waals surface area contributed by atoms with Crippen molar-refractivity contribution in [3.8, 4) is 0 Å². The number of nitrogens with one attached hydrogen (secondary N) is 1. The van der Waals surface area contributed by atoms with Crippen molar-refractivity contribution in [1.82, 2.24) is 0 Å². The van der Waals surface area contributed by atoms with E-state index in [1.165, 1.54) is 0 Å². The van der Waals surface area contributed by atoms with Crippen molar-refractivity contribution in [1.29, 1.82) is 5.41 Å². The molecule has 0 atom stereocenters. The van der Waals surface area contributed by atoms with Crippen LogP contribution in [0.5, 0.6) is 0 Å². The maximum Gasteiger partial charge on any atom is 0.259 e. The molecule has 0 saturated heterocycles. The molecule has 0 unspecified atom stereocenters. The summed E-state index contributed by atoms with van der Waals surface area (Å²) in [6, 6.07) is 0. The number of nitro groups is 1. The molecule has 0 radical (unpaired) electrons. The first-order valence-electron chi connectivity index (χ1n) is 1.57. The van der Waals surface area contributed by atoms with Gasteiger partial charge in [-0.2, -0.15) is 0 Å². The van der Waals surface area contributed by atoms with E-state index in [0.717, 1.165) is 0 Å². The molecule has 0 heterocycles. The van der Waals surface area contributed by atoms with Gasteiger partial charge in [0.2, 0.25) is 0 Å². The van der Waals surface area contributed by atoms with Gasteiger partial charge >= 0.3 is 0 Å². The molecular formula is C2H5N3O2. The molecule has 0 rings (SSSR count). The predicted molar refractivity (Wildman–Crippen MR) is 23.8 cm³/mol. The van der Waals surface area contributed by atoms with E-state index in [9.17, 15) is 10.1 Å². The van der Waals surface area contributed by atoms with Gasteiger partial charge in [-0.3, -0.25) is 15.5 Å². The third kappa shape index (κ3) is 4.87. The minimum Gasteiger partial charge on any atom is -0.382 e. The van der Waals surface area contributed by atoms with Crippen LogP contribution in [0, 0.1) is 15.5 Å². The molecule has 7 heavy (non-hydrogen) atoms. The Morgan fingerprint density at radius 2 is 2.43 bits per heavy atom. The standard InChI is InChI=1S/C2H5N3O2/c3-2(4)1-5(6)7/h1H2,(H3,3,4). The summed E-state index contributed by atoms with van der Waals surface area (Å²) in [7, 11) is 0. The molecule has 0 aromatic rings. The van der Waals surface area contributed by atoms with Gasteiger partial charge in [0.25, 0.3) is 6.54 Å². The molecule has 0 spiro atoms. The topological polar surface area (TPSA) is 93.0 Å². The quantitative estimate of drug-likeness (QED) is 0.207. The van der Waals surface area contributed by atoms with Crippen LogP contribution < -0.4 is 5.73 Å². The molecule has 40 valence electrons. The highest BCUT2D eigenvalue weighted by Crippen LogP contribution is 1.62. The Hall–Kier alpha value is -1.13. The summed E-state index contributed by atoms with van der Waals surface area (Å²) in [5.74, 6) is -0.412. The first-order valence-corrected chi connectivity index (χ1v) is 1.57. The summed E-state index contributed by atoms with van der Waals surface area (Å²) >= 11 is 0. The molecule has 0 aliphatic carbocycles. The van der Waals surface area contributed by atoms with Crippen LogP contribution in [0.2, 0.25) is 0 Å². The average molecular weight is 103 g/mol. The summed E-state index contributed by atoms with van der Waals surface area (Å²) in [4.78, 5) is 8.74. The Morgan fingerprint density at radius 3 is 2.43 bits per heavy atom. The Morgan fingerprint density at radius 1 is 2.00 bits per heavy atom. The van der Waals surface area contributed by atoms with Crippen molar-refractivity contribution in [2.24, 2.45) is 5.73 Å². The van der Waals surface area contributed by atoms with E-state index >= 15 is 0 Å². The zero-order valence-corrected chi connectivity index (χ0v) is 3.55. The van der Waals surface area contributed by atoms with E-state index in [1.807, 2.05) is 0 Å². The molecular weight excluding hydrogens is 98.0 g/mol. The first-order chi connectivity index (χ1) is 3.13. The van der Waals surface area contributed by atoms with Gasteiger partial charge < -0.3 is 5.73 Å². The van der Waals surface area contributed by atoms with Crippen molar-refractivity contribution in [3.05, 3.63) is 10.1 Å². The van der Waals surface area contributed by atoms with Crippen LogP contribution >= 0.6 is 0 Å². The van der Waals surface area contributed by atoms with Crippen LogP contribution in [0.25, 0.3) is 0 Å². The number of hydrogen-bond acceptors (Lipinski definition) is 3. The second-order valence-corrected chi connectivity index (χ2v) is 1.02. The monoisotopic (exact) mass is 103 g/mol. The van der Waals surface area contributed by atoms with Crippen LogP contribution in [0.3, 0.4) is 0 Å². The van der Waals surface area contributed by atoms with Crippen LogP contribution in [-0.4, -0.2) is 17.3 Å². The molecule has 0 aliphatic rings. The number of rotatable bonds is 2. The van der Waals surface area contributed by atoms with Crippen LogP contribution in [0.1, 0.15) is 0 Å². The Bertz CT molecular complexity index is 87.1. The maximum absolute atomic E-state index is 9.39. The molecule has 5 heteroatoms. The van der Waals surface area contributed by atoms with Crippen LogP contribution in [0.15, 0.2) is 0 Å². The van der Waals surface area contributed by atoms with E-state index in [0.29, 0.717) is 0 Å². The van der Waals surface area contributed by atoms with E-state index in [-0.39, 0.29) is 0 Å². The lowest BCUT2D eigenvalue weighted by molar-refractivity contribution is -0.463. The number of nitrogens with zero attached hydrogens (tertiary/aromatic N) is 1. The molecule has 0 saturated carbocycles. The molecule has 0 amide bonds. The lowest BCUT2D eigenvalue weighted by Gasteiger charge is -1.84. The van der Waals surface area contributed by atoms with Gasteiger partial charge in [0.1, 0.15) is 0 Å². The fourth-order valence-corrected chi connectivity index (χ4v) is 0.139. The summed E-state index contributed by atoms with van der Waals surface area (Å²) in [6.45, 7) is -0.556. The minimum atomic E-state index is -0.650. The van der Waals surface area contributed by atoms with Crippen LogP contribution in [0.4, 0.5) is 0 Å². The summed E-state index contributed by atoms with van der Waals surface area (Å²) in [5, 5.41) is 15.8. The van der Waals surface area contributed by atoms with Crippen molar-refractivity contribution in [2.45, 2.75) is 0 Å². The average Bonchev–Trinajstić information content (AvgIpc) is 1.27. The lowest BCUT2D eigenvalue weighted by Crippen LogP contribution is -2.20. The normalized spacial score (nSPS) is 8.00. The molecule has 0 aliphatic heterocycles. The van der Waals surface area contributed by atoms with E-state index in [4.69, 9.17) is 5.41 Å². The van der Waals surface area contributed by atoms with Crippen molar-refractivity contribution in [2.75, 3.05) is 6.54 Å². The predicted octanol–water partition coefficient (Wildman–Crippen LogP) is -0.801. The van der Waals surface area contributed by atoms with Crippen molar-refractivity contribution < 1.29 is 4.92 Å². The smallest absolute Gasteiger partial charge is 0.259 e. The second-order valence-electron chi connectivity index (χ2n) is 1.02. The number of nitrogens with two attached hydrogens (primary N) is 1. The Kier molecular flexibility index (Phi) is 1.78. The fourth-order valence-electron chi connectivity index (χ4n) is 0.139. The Labute approximate surface area is 39.8 Å². The van der Waals surface area contributed by atoms with Gasteiger partial charge in [0, 0.05) is 4.92 Å². The minimum absolute atomic E-state index is 0.412. The largest absolute Gasteiger partial charge is 0.382 e. The number of amidine groups is 1. The van der Waals surface area contributed by atoms with Gasteiger partial charge in [-0.15, -0.1) is 0 Å². The summed E-state index contributed by atoms with van der Waals surface area (Å²) in [5.41, 5.74) is 4.64. The molecule has 0 aromatic heterocycles. The zero-order valence-electron chi connectivity index (χ0n) is 3.55.